The Balaban J connectivity index is 1.93. The summed E-state index contributed by atoms with van der Waals surface area (Å²) < 4.78 is 1.84. The average Bonchev–Trinajstić information content (AvgIpc) is 2.89. The zero-order chi connectivity index (χ0) is 10.1. The van der Waals surface area contributed by atoms with Crippen LogP contribution in [-0.2, 0) is 0 Å². The normalized spacial score (nSPS) is 15.1. The molecule has 0 radical (unpaired) electrons. The molecule has 0 unspecified atom stereocenters. The molecule has 0 bridgehead atoms. The fourth-order valence-electron chi connectivity index (χ4n) is 1.64. The van der Waals surface area contributed by atoms with Crippen LogP contribution in [0.4, 0.5) is 5.69 Å². The van der Waals surface area contributed by atoms with Crippen LogP contribution in [0.15, 0.2) is 35.6 Å². The highest BCUT2D eigenvalue weighted by molar-refractivity contribution is 5.73. The van der Waals surface area contributed by atoms with Crippen molar-refractivity contribution in [3.63, 3.8) is 0 Å². The molecule has 0 atom stereocenters. The second-order valence-corrected chi connectivity index (χ2v) is 3.42. The fourth-order valence-corrected chi connectivity index (χ4v) is 1.64. The van der Waals surface area contributed by atoms with E-state index in [0.29, 0.717) is 0 Å². The van der Waals surface area contributed by atoms with E-state index in [1.54, 1.807) is 0 Å². The Kier molecular flexibility index (Phi) is 1.81. The van der Waals surface area contributed by atoms with E-state index in [-0.39, 0.29) is 0 Å². The van der Waals surface area contributed by atoms with Crippen LogP contribution in [0.25, 0.3) is 5.52 Å². The molecule has 1 aliphatic rings. The summed E-state index contributed by atoms with van der Waals surface area (Å²) in [5, 5.41) is 6.21. The van der Waals surface area contributed by atoms with Gasteiger partial charge in [-0.3, -0.25) is 15.4 Å². The SMILES string of the molecule is C1=NCCN1Nc1cnn2ccccc12. The molecule has 15 heavy (non-hydrogen) atoms. The van der Waals surface area contributed by atoms with Crippen LogP contribution < -0.4 is 5.43 Å². The van der Waals surface area contributed by atoms with Crippen molar-refractivity contribution >= 4 is 17.5 Å². The summed E-state index contributed by atoms with van der Waals surface area (Å²) in [6, 6.07) is 5.99. The minimum Gasteiger partial charge on any atom is -0.294 e. The van der Waals surface area contributed by atoms with E-state index in [2.05, 4.69) is 15.5 Å². The molecule has 3 heterocycles. The lowest BCUT2D eigenvalue weighted by Crippen LogP contribution is -2.26. The third-order valence-corrected chi connectivity index (χ3v) is 2.38. The smallest absolute Gasteiger partial charge is 0.104 e. The molecule has 1 N–H and O–H groups in total. The Labute approximate surface area is 87.0 Å². The van der Waals surface area contributed by atoms with Crippen LogP contribution in [0, 0.1) is 0 Å². The van der Waals surface area contributed by atoms with E-state index in [1.807, 2.05) is 46.5 Å². The average molecular weight is 201 g/mol. The van der Waals surface area contributed by atoms with Gasteiger partial charge in [0.25, 0.3) is 0 Å². The highest BCUT2D eigenvalue weighted by Crippen LogP contribution is 2.16. The maximum atomic E-state index is 4.24. The van der Waals surface area contributed by atoms with Gasteiger partial charge >= 0.3 is 0 Å². The molecule has 0 fully saturated rings. The lowest BCUT2D eigenvalue weighted by molar-refractivity contribution is 0.558. The molecule has 76 valence electrons. The molecule has 0 aliphatic carbocycles. The minimum absolute atomic E-state index is 0.853. The molecule has 3 rings (SSSR count). The Hall–Kier alpha value is -2.04. The van der Waals surface area contributed by atoms with E-state index >= 15 is 0 Å². The number of pyridine rings is 1. The standard InChI is InChI=1S/C10H11N5/c1-2-5-15-10(3-1)9(7-12-15)13-14-6-4-11-8-14/h1-3,5,7-8,13H,4,6H2. The number of aromatic nitrogens is 2. The van der Waals surface area contributed by atoms with Gasteiger partial charge in [0.1, 0.15) is 12.0 Å². The molecular weight excluding hydrogens is 190 g/mol. The molecular formula is C10H11N5. The number of nitrogens with zero attached hydrogens (tertiary/aromatic N) is 4. The van der Waals surface area contributed by atoms with Gasteiger partial charge in [0.05, 0.1) is 24.8 Å². The molecule has 2 aromatic rings. The highest BCUT2D eigenvalue weighted by Gasteiger charge is 2.08. The van der Waals surface area contributed by atoms with Gasteiger partial charge in [-0.1, -0.05) is 6.07 Å². The van der Waals surface area contributed by atoms with Gasteiger partial charge in [-0.2, -0.15) is 5.10 Å². The third-order valence-electron chi connectivity index (χ3n) is 2.38. The topological polar surface area (TPSA) is 44.9 Å². The summed E-state index contributed by atoms with van der Waals surface area (Å²) in [7, 11) is 0. The molecule has 5 heteroatoms. The quantitative estimate of drug-likeness (QED) is 0.788. The Morgan fingerprint density at radius 1 is 1.33 bits per heavy atom. The molecule has 2 aromatic heterocycles. The van der Waals surface area contributed by atoms with Gasteiger partial charge in [-0.25, -0.2) is 4.52 Å². The summed E-state index contributed by atoms with van der Waals surface area (Å²) in [5.74, 6) is 0. The minimum atomic E-state index is 0.853. The Morgan fingerprint density at radius 2 is 2.33 bits per heavy atom. The van der Waals surface area contributed by atoms with Crippen LogP contribution in [0.3, 0.4) is 0 Å². The first-order valence-corrected chi connectivity index (χ1v) is 4.89. The van der Waals surface area contributed by atoms with Gasteiger partial charge in [-0.05, 0) is 12.1 Å². The van der Waals surface area contributed by atoms with E-state index in [4.69, 9.17) is 0 Å². The fraction of sp³-hybridized carbons (Fsp3) is 0.200. The number of nitrogens with one attached hydrogen (secondary N) is 1. The number of rotatable bonds is 2. The van der Waals surface area contributed by atoms with Crippen molar-refractivity contribution in [1.29, 1.82) is 0 Å². The van der Waals surface area contributed by atoms with Crippen molar-refractivity contribution in [2.75, 3.05) is 18.5 Å². The molecule has 5 nitrogen and oxygen atoms in total. The summed E-state index contributed by atoms with van der Waals surface area (Å²) in [5.41, 5.74) is 5.34. The van der Waals surface area contributed by atoms with Gasteiger partial charge in [0.2, 0.25) is 0 Å². The number of hydrogen-bond donors (Lipinski definition) is 1. The third kappa shape index (κ3) is 1.41. The van der Waals surface area contributed by atoms with Crippen molar-refractivity contribution in [3.05, 3.63) is 30.6 Å². The summed E-state index contributed by atoms with van der Waals surface area (Å²) in [6.07, 6.45) is 5.56. The summed E-state index contributed by atoms with van der Waals surface area (Å²) >= 11 is 0. The molecule has 0 spiro atoms. The lowest BCUT2D eigenvalue weighted by Gasteiger charge is -2.15. The number of anilines is 1. The molecule has 0 saturated carbocycles. The molecule has 0 aromatic carbocycles. The predicted molar refractivity (Wildman–Crippen MR) is 58.9 cm³/mol. The molecule has 0 amide bonds. The molecule has 0 saturated heterocycles. The van der Waals surface area contributed by atoms with E-state index in [0.717, 1.165) is 24.3 Å². The van der Waals surface area contributed by atoms with Crippen LogP contribution in [0.1, 0.15) is 0 Å². The Morgan fingerprint density at radius 3 is 3.20 bits per heavy atom. The largest absolute Gasteiger partial charge is 0.294 e. The van der Waals surface area contributed by atoms with E-state index in [1.165, 1.54) is 0 Å². The van der Waals surface area contributed by atoms with Crippen molar-refractivity contribution in [2.45, 2.75) is 0 Å². The number of hydrazine groups is 1. The first-order valence-electron chi connectivity index (χ1n) is 4.89. The van der Waals surface area contributed by atoms with Crippen molar-refractivity contribution in [1.82, 2.24) is 14.6 Å². The monoisotopic (exact) mass is 201 g/mol. The van der Waals surface area contributed by atoms with E-state index in [9.17, 15) is 0 Å². The maximum Gasteiger partial charge on any atom is 0.104 e. The van der Waals surface area contributed by atoms with E-state index < -0.39 is 0 Å². The first kappa shape index (κ1) is 8.28. The number of hydrogen-bond acceptors (Lipinski definition) is 4. The first-order chi connectivity index (χ1) is 7.43. The summed E-state index contributed by atoms with van der Waals surface area (Å²) in [6.45, 7) is 1.76. The van der Waals surface area contributed by atoms with Crippen LogP contribution in [-0.4, -0.2) is 34.1 Å². The van der Waals surface area contributed by atoms with Gasteiger partial charge in [0.15, 0.2) is 0 Å². The maximum absolute atomic E-state index is 4.24. The van der Waals surface area contributed by atoms with Crippen LogP contribution in [0.5, 0.6) is 0 Å². The van der Waals surface area contributed by atoms with Gasteiger partial charge in [-0.15, -0.1) is 0 Å². The van der Waals surface area contributed by atoms with Gasteiger partial charge < -0.3 is 0 Å². The van der Waals surface area contributed by atoms with Gasteiger partial charge in [0, 0.05) is 6.20 Å². The second-order valence-electron chi connectivity index (χ2n) is 3.42. The molecule has 1 aliphatic heterocycles. The highest BCUT2D eigenvalue weighted by atomic mass is 15.5. The van der Waals surface area contributed by atoms with Crippen LogP contribution in [0.2, 0.25) is 0 Å². The second kappa shape index (κ2) is 3.27. The lowest BCUT2D eigenvalue weighted by atomic mass is 10.4. The predicted octanol–water partition coefficient (Wildman–Crippen LogP) is 1.01. The van der Waals surface area contributed by atoms with Crippen molar-refractivity contribution in [3.8, 4) is 0 Å². The Bertz CT molecular complexity index is 501. The number of aliphatic imine (C=N–C) groups is 1. The van der Waals surface area contributed by atoms with Crippen molar-refractivity contribution in [2.24, 2.45) is 4.99 Å². The van der Waals surface area contributed by atoms with Crippen LogP contribution >= 0.6 is 0 Å². The zero-order valence-corrected chi connectivity index (χ0v) is 8.17. The van der Waals surface area contributed by atoms with Crippen molar-refractivity contribution < 1.29 is 0 Å². The number of fused-ring (bicyclic) bond motifs is 1. The summed E-state index contributed by atoms with van der Waals surface area (Å²) in [4.78, 5) is 4.14. The zero-order valence-electron chi connectivity index (χ0n) is 8.17.